The Hall–Kier alpha value is -4.09. The van der Waals surface area contributed by atoms with E-state index in [4.69, 9.17) is 10.5 Å². The van der Waals surface area contributed by atoms with Crippen LogP contribution in [-0.4, -0.2) is 57.5 Å². The molecule has 3 amide bonds. The van der Waals surface area contributed by atoms with Gasteiger partial charge in [-0.1, -0.05) is 31.5 Å². The first kappa shape index (κ1) is 32.8. The van der Waals surface area contributed by atoms with Gasteiger partial charge in [0.1, 0.15) is 17.4 Å². The Morgan fingerprint density at radius 2 is 1.80 bits per heavy atom. The monoisotopic (exact) mass is 609 g/mol. The minimum Gasteiger partial charge on any atom is -0.439 e. The van der Waals surface area contributed by atoms with Crippen molar-refractivity contribution in [2.75, 3.05) is 25.0 Å². The molecule has 44 heavy (non-hydrogen) atoms. The van der Waals surface area contributed by atoms with Crippen LogP contribution in [0.4, 0.5) is 19.3 Å². The first-order valence-corrected chi connectivity index (χ1v) is 14.9. The maximum atomic E-state index is 14.4. The lowest BCUT2D eigenvalue weighted by atomic mass is 9.99. The quantitative estimate of drug-likeness (QED) is 0.242. The number of amides is 3. The number of nitrogens with one attached hydrogen (secondary N) is 1. The van der Waals surface area contributed by atoms with Crippen LogP contribution in [0.5, 0.6) is 11.6 Å². The molecule has 1 aromatic heterocycles. The largest absolute Gasteiger partial charge is 0.439 e. The van der Waals surface area contributed by atoms with Crippen molar-refractivity contribution in [3.8, 4) is 11.6 Å². The number of nitrogens with two attached hydrogens (primary N) is 1. The Balaban J connectivity index is 1.35. The lowest BCUT2D eigenvalue weighted by Crippen LogP contribution is -2.49. The van der Waals surface area contributed by atoms with E-state index in [9.17, 15) is 23.5 Å². The molecule has 11 heteroatoms. The van der Waals surface area contributed by atoms with E-state index in [0.717, 1.165) is 61.7 Å². The van der Waals surface area contributed by atoms with Crippen LogP contribution >= 0.6 is 0 Å². The van der Waals surface area contributed by atoms with E-state index >= 15 is 0 Å². The Labute approximate surface area is 257 Å². The highest BCUT2D eigenvalue weighted by molar-refractivity contribution is 5.96. The van der Waals surface area contributed by atoms with Gasteiger partial charge in [0.15, 0.2) is 0 Å². The van der Waals surface area contributed by atoms with Gasteiger partial charge < -0.3 is 25.8 Å². The number of rotatable bonds is 11. The van der Waals surface area contributed by atoms with Gasteiger partial charge in [0, 0.05) is 50.0 Å². The van der Waals surface area contributed by atoms with Crippen LogP contribution in [0.3, 0.4) is 0 Å². The number of hydrogen-bond donors (Lipinski definition) is 3. The molecule has 0 saturated carbocycles. The molecule has 0 spiro atoms. The molecule has 0 atom stereocenters. The maximum absolute atomic E-state index is 14.4. The second-order valence-electron chi connectivity index (χ2n) is 11.7. The van der Waals surface area contributed by atoms with Crippen LogP contribution in [0.1, 0.15) is 73.6 Å². The SMILES string of the molecule is CCCCN(C(=O)Nc1cc(C(N)=O)c(F)cc1F)C1CCN(Cc2ccc(Oc3ccc(C(C)(C)O)cc3)nc2C)CC1. The number of urea groups is 1. The molecule has 2 aromatic carbocycles. The number of unbranched alkanes of at least 4 members (excludes halogenated alkanes) is 1. The molecule has 1 fully saturated rings. The summed E-state index contributed by atoms with van der Waals surface area (Å²) in [6.45, 7) is 10.1. The molecular weight excluding hydrogens is 568 g/mol. The lowest BCUT2D eigenvalue weighted by Gasteiger charge is -2.38. The van der Waals surface area contributed by atoms with Gasteiger partial charge in [0.25, 0.3) is 5.91 Å². The van der Waals surface area contributed by atoms with Gasteiger partial charge in [-0.15, -0.1) is 0 Å². The molecule has 236 valence electrons. The molecule has 0 bridgehead atoms. The summed E-state index contributed by atoms with van der Waals surface area (Å²) in [5.41, 5.74) is 6.22. The number of piperidine rings is 1. The predicted octanol–water partition coefficient (Wildman–Crippen LogP) is 6.09. The second-order valence-corrected chi connectivity index (χ2v) is 11.7. The zero-order chi connectivity index (χ0) is 32.0. The maximum Gasteiger partial charge on any atom is 0.322 e. The fourth-order valence-corrected chi connectivity index (χ4v) is 5.27. The van der Waals surface area contributed by atoms with E-state index in [1.54, 1.807) is 30.9 Å². The van der Waals surface area contributed by atoms with Crippen molar-refractivity contribution in [3.63, 3.8) is 0 Å². The normalized spacial score (nSPS) is 14.3. The van der Waals surface area contributed by atoms with Gasteiger partial charge in [0.05, 0.1) is 16.9 Å². The number of aliphatic hydroxyl groups is 1. The lowest BCUT2D eigenvalue weighted by molar-refractivity contribution is 0.0785. The van der Waals surface area contributed by atoms with Crippen molar-refractivity contribution < 1.29 is 28.2 Å². The van der Waals surface area contributed by atoms with Gasteiger partial charge in [-0.05, 0) is 69.4 Å². The summed E-state index contributed by atoms with van der Waals surface area (Å²) in [6.07, 6.45) is 3.10. The Bertz CT molecular complexity index is 1470. The standard InChI is InChI=1S/C33H41F2N5O4/c1-5-6-15-40(32(42)38-29-18-26(31(36)41)27(34)19-28(29)35)24-13-16-39(17-14-24)20-22-7-12-30(37-21(22)2)44-25-10-8-23(9-11-25)33(3,4)43/h7-12,18-19,24,43H,5-6,13-17,20H2,1-4H3,(H2,36,41)(H,38,42). The molecule has 1 saturated heterocycles. The number of benzene rings is 2. The van der Waals surface area contributed by atoms with E-state index < -0.39 is 34.7 Å². The Kier molecular flexibility index (Phi) is 10.5. The number of ether oxygens (including phenoxy) is 1. The molecule has 4 N–H and O–H groups in total. The molecule has 3 aromatic rings. The smallest absolute Gasteiger partial charge is 0.322 e. The third-order valence-electron chi connectivity index (χ3n) is 7.92. The number of aromatic nitrogens is 1. The first-order chi connectivity index (χ1) is 20.8. The van der Waals surface area contributed by atoms with Gasteiger partial charge in [-0.3, -0.25) is 9.69 Å². The number of carbonyl (C=O) groups is 2. The molecule has 1 aliphatic rings. The van der Waals surface area contributed by atoms with E-state index in [-0.39, 0.29) is 11.7 Å². The summed E-state index contributed by atoms with van der Waals surface area (Å²) in [4.78, 5) is 33.4. The summed E-state index contributed by atoms with van der Waals surface area (Å²) >= 11 is 0. The number of aryl methyl sites for hydroxylation is 1. The van der Waals surface area contributed by atoms with Crippen molar-refractivity contribution in [2.24, 2.45) is 5.73 Å². The third kappa shape index (κ3) is 8.29. The van der Waals surface area contributed by atoms with Gasteiger partial charge >= 0.3 is 6.03 Å². The van der Waals surface area contributed by atoms with Gasteiger partial charge in [0.2, 0.25) is 5.88 Å². The summed E-state index contributed by atoms with van der Waals surface area (Å²) in [6, 6.07) is 12.0. The summed E-state index contributed by atoms with van der Waals surface area (Å²) in [5, 5.41) is 12.7. The number of halogens is 2. The molecular formula is C33H41F2N5O4. The molecule has 2 heterocycles. The van der Waals surface area contributed by atoms with Crippen molar-refractivity contribution in [3.05, 3.63) is 82.5 Å². The molecule has 4 rings (SSSR count). The number of nitrogens with zero attached hydrogens (tertiary/aromatic N) is 3. The Morgan fingerprint density at radius 1 is 1.11 bits per heavy atom. The average Bonchev–Trinajstić information content (AvgIpc) is 2.96. The number of likely N-dealkylation sites (tertiary alicyclic amines) is 1. The fraction of sp³-hybridized carbons (Fsp3) is 0.424. The summed E-state index contributed by atoms with van der Waals surface area (Å²) in [7, 11) is 0. The van der Waals surface area contributed by atoms with E-state index in [1.807, 2.05) is 38.1 Å². The average molecular weight is 610 g/mol. The highest BCUT2D eigenvalue weighted by Gasteiger charge is 2.29. The second kappa shape index (κ2) is 14.1. The van der Waals surface area contributed by atoms with Crippen LogP contribution in [0, 0.1) is 18.6 Å². The predicted molar refractivity (Wildman–Crippen MR) is 165 cm³/mol. The van der Waals surface area contributed by atoms with Crippen molar-refractivity contribution in [1.29, 1.82) is 0 Å². The van der Waals surface area contributed by atoms with E-state index in [0.29, 0.717) is 30.8 Å². The minimum absolute atomic E-state index is 0.0604. The molecule has 0 unspecified atom stereocenters. The summed E-state index contributed by atoms with van der Waals surface area (Å²) in [5.74, 6) is -1.98. The molecule has 9 nitrogen and oxygen atoms in total. The Morgan fingerprint density at radius 3 is 2.39 bits per heavy atom. The number of primary amides is 1. The molecule has 0 aliphatic carbocycles. The van der Waals surface area contributed by atoms with Crippen LogP contribution < -0.4 is 15.8 Å². The third-order valence-corrected chi connectivity index (χ3v) is 7.92. The van der Waals surface area contributed by atoms with E-state index in [1.165, 1.54) is 0 Å². The number of hydrogen-bond acceptors (Lipinski definition) is 6. The van der Waals surface area contributed by atoms with Crippen LogP contribution in [0.15, 0.2) is 48.5 Å². The molecule has 1 aliphatic heterocycles. The van der Waals surface area contributed by atoms with Crippen molar-refractivity contribution in [2.45, 2.75) is 71.6 Å². The number of pyridine rings is 1. The zero-order valence-electron chi connectivity index (χ0n) is 25.7. The van der Waals surface area contributed by atoms with Gasteiger partial charge in [-0.25, -0.2) is 18.6 Å². The zero-order valence-corrected chi connectivity index (χ0v) is 25.7. The van der Waals surface area contributed by atoms with Crippen LogP contribution in [0.25, 0.3) is 0 Å². The summed E-state index contributed by atoms with van der Waals surface area (Å²) < 4.78 is 34.3. The highest BCUT2D eigenvalue weighted by atomic mass is 19.1. The van der Waals surface area contributed by atoms with E-state index in [2.05, 4.69) is 15.2 Å². The highest BCUT2D eigenvalue weighted by Crippen LogP contribution is 2.27. The van der Waals surface area contributed by atoms with Gasteiger partial charge in [-0.2, -0.15) is 0 Å². The van der Waals surface area contributed by atoms with Crippen LogP contribution in [-0.2, 0) is 12.1 Å². The topological polar surface area (TPSA) is 121 Å². The van der Waals surface area contributed by atoms with Crippen LogP contribution in [0.2, 0.25) is 0 Å². The van der Waals surface area contributed by atoms with Crippen molar-refractivity contribution >= 4 is 17.6 Å². The van der Waals surface area contributed by atoms with Crippen molar-refractivity contribution in [1.82, 2.24) is 14.8 Å². The number of anilines is 1. The number of carbonyl (C=O) groups excluding carboxylic acids is 2. The molecule has 0 radical (unpaired) electrons. The first-order valence-electron chi connectivity index (χ1n) is 14.9. The fourth-order valence-electron chi connectivity index (χ4n) is 5.27. The minimum atomic E-state index is -1.08.